The van der Waals surface area contributed by atoms with Gasteiger partial charge >= 0.3 is 0 Å². The Kier molecular flexibility index (Phi) is 4.85. The van der Waals surface area contributed by atoms with E-state index in [9.17, 15) is 9.59 Å². The fraction of sp³-hybridized carbons (Fsp3) is 0.400. The first-order chi connectivity index (χ1) is 13.6. The highest BCUT2D eigenvalue weighted by Crippen LogP contribution is 2.24. The predicted molar refractivity (Wildman–Crippen MR) is 106 cm³/mol. The molecule has 1 fully saturated rings. The van der Waals surface area contributed by atoms with Crippen molar-refractivity contribution in [1.82, 2.24) is 24.6 Å². The van der Waals surface area contributed by atoms with Crippen LogP contribution in [-0.4, -0.2) is 55.6 Å². The minimum Gasteiger partial charge on any atom is -0.334 e. The molecule has 0 aliphatic carbocycles. The molecule has 8 nitrogen and oxygen atoms in total. The van der Waals surface area contributed by atoms with Crippen molar-refractivity contribution in [3.63, 3.8) is 0 Å². The summed E-state index contributed by atoms with van der Waals surface area (Å²) < 4.78 is 2.00. The lowest BCUT2D eigenvalue weighted by Gasteiger charge is -2.39. The van der Waals surface area contributed by atoms with E-state index in [1.807, 2.05) is 42.8 Å². The number of nitrogens with zero attached hydrogens (tertiary/aromatic N) is 5. The van der Waals surface area contributed by atoms with E-state index in [1.54, 1.807) is 22.2 Å². The molecule has 0 bridgehead atoms. The minimum absolute atomic E-state index is 0.000253. The summed E-state index contributed by atoms with van der Waals surface area (Å²) in [6, 6.07) is 5.75. The maximum atomic E-state index is 12.8. The Bertz CT molecular complexity index is 1010. The Balaban J connectivity index is 1.42. The zero-order valence-electron chi connectivity index (χ0n) is 16.1. The van der Waals surface area contributed by atoms with Gasteiger partial charge in [0.25, 0.3) is 0 Å². The van der Waals surface area contributed by atoms with Crippen LogP contribution in [0, 0.1) is 0 Å². The summed E-state index contributed by atoms with van der Waals surface area (Å²) in [5.74, 6) is 0.901. The summed E-state index contributed by atoms with van der Waals surface area (Å²) in [7, 11) is 0. The van der Waals surface area contributed by atoms with Crippen molar-refractivity contribution in [1.29, 1.82) is 0 Å². The molecule has 0 saturated carbocycles. The topological polar surface area (TPSA) is 87.1 Å². The molecule has 2 amide bonds. The maximum absolute atomic E-state index is 12.8. The van der Waals surface area contributed by atoms with Gasteiger partial charge in [0, 0.05) is 55.4 Å². The summed E-state index contributed by atoms with van der Waals surface area (Å²) in [6.07, 6.45) is 6.59. The second kappa shape index (κ2) is 7.46. The van der Waals surface area contributed by atoms with E-state index in [2.05, 4.69) is 15.2 Å². The van der Waals surface area contributed by atoms with Gasteiger partial charge in [0.15, 0.2) is 0 Å². The van der Waals surface area contributed by atoms with Crippen LogP contribution in [0.15, 0.2) is 36.8 Å². The van der Waals surface area contributed by atoms with Crippen molar-refractivity contribution in [2.45, 2.75) is 39.3 Å². The number of anilines is 1. The van der Waals surface area contributed by atoms with Crippen molar-refractivity contribution >= 4 is 28.4 Å². The van der Waals surface area contributed by atoms with Crippen molar-refractivity contribution in [3.8, 4) is 0 Å². The second-order valence-electron chi connectivity index (χ2n) is 7.16. The van der Waals surface area contributed by atoms with Crippen LogP contribution in [0.2, 0.25) is 0 Å². The molecule has 146 valence electrons. The lowest BCUT2D eigenvalue weighted by atomic mass is 10.1. The number of carbonyl (C=O) groups is 2. The summed E-state index contributed by atoms with van der Waals surface area (Å²) >= 11 is 0. The van der Waals surface area contributed by atoms with Crippen LogP contribution in [-0.2, 0) is 22.6 Å². The lowest BCUT2D eigenvalue weighted by molar-refractivity contribution is -0.139. The molecule has 3 heterocycles. The third kappa shape index (κ3) is 3.37. The zero-order valence-corrected chi connectivity index (χ0v) is 16.1. The van der Waals surface area contributed by atoms with Crippen LogP contribution in [0.3, 0.4) is 0 Å². The average molecular weight is 380 g/mol. The first-order valence-corrected chi connectivity index (χ1v) is 9.59. The van der Waals surface area contributed by atoms with E-state index >= 15 is 0 Å². The predicted octanol–water partition coefficient (Wildman–Crippen LogP) is 1.98. The van der Waals surface area contributed by atoms with Crippen molar-refractivity contribution in [2.24, 2.45) is 0 Å². The monoisotopic (exact) mass is 380 g/mol. The summed E-state index contributed by atoms with van der Waals surface area (Å²) in [5.41, 5.74) is 1.72. The van der Waals surface area contributed by atoms with E-state index < -0.39 is 0 Å². The number of aryl methyl sites for hydroxylation is 2. The number of piperazine rings is 1. The quantitative estimate of drug-likeness (QED) is 0.733. The Labute approximate surface area is 163 Å². The minimum atomic E-state index is -0.0674. The van der Waals surface area contributed by atoms with E-state index in [0.29, 0.717) is 19.5 Å². The number of hydrogen-bond donors (Lipinski definition) is 1. The van der Waals surface area contributed by atoms with Crippen molar-refractivity contribution in [3.05, 3.63) is 42.6 Å². The molecular weight excluding hydrogens is 356 g/mol. The third-order valence-electron chi connectivity index (χ3n) is 5.33. The number of amides is 2. The molecule has 8 heteroatoms. The van der Waals surface area contributed by atoms with Gasteiger partial charge in [0.1, 0.15) is 12.4 Å². The molecule has 0 radical (unpaired) electrons. The molecule has 1 N–H and O–H groups in total. The second-order valence-corrected chi connectivity index (χ2v) is 7.16. The standard InChI is InChI=1S/C20H24N6O2/c1-3-18-21-7-9-24(18)8-6-19(27)25-13-20(28)26(12-14(25)2)16-5-4-15-11-22-23-17(15)10-16/h4-5,7,9-11,14H,3,6,8,12-13H2,1-2H3,(H,22,23). The largest absolute Gasteiger partial charge is 0.334 e. The summed E-state index contributed by atoms with van der Waals surface area (Å²) in [5, 5.41) is 7.96. The highest BCUT2D eigenvalue weighted by molar-refractivity contribution is 5.99. The number of nitrogens with one attached hydrogen (secondary N) is 1. The van der Waals surface area contributed by atoms with Crippen LogP contribution in [0.4, 0.5) is 5.69 Å². The van der Waals surface area contributed by atoms with Gasteiger partial charge in [-0.15, -0.1) is 0 Å². The maximum Gasteiger partial charge on any atom is 0.246 e. The molecule has 1 aliphatic rings. The number of fused-ring (bicyclic) bond motifs is 1. The van der Waals surface area contributed by atoms with Crippen molar-refractivity contribution < 1.29 is 9.59 Å². The van der Waals surface area contributed by atoms with Gasteiger partial charge in [-0.05, 0) is 25.1 Å². The van der Waals surface area contributed by atoms with E-state index in [-0.39, 0.29) is 24.4 Å². The molecule has 1 unspecified atom stereocenters. The molecule has 1 aromatic carbocycles. The van der Waals surface area contributed by atoms with E-state index in [1.165, 1.54) is 0 Å². The van der Waals surface area contributed by atoms with Crippen LogP contribution in [0.25, 0.3) is 10.9 Å². The number of imidazole rings is 1. The van der Waals surface area contributed by atoms with Gasteiger partial charge in [-0.3, -0.25) is 14.7 Å². The Morgan fingerprint density at radius 3 is 3.04 bits per heavy atom. The number of carbonyl (C=O) groups excluding carboxylic acids is 2. The fourth-order valence-electron chi connectivity index (χ4n) is 3.75. The number of aromatic nitrogens is 4. The van der Waals surface area contributed by atoms with Gasteiger partial charge in [0.05, 0.1) is 11.7 Å². The number of hydrogen-bond acceptors (Lipinski definition) is 4. The zero-order chi connectivity index (χ0) is 19.7. The highest BCUT2D eigenvalue weighted by Gasteiger charge is 2.33. The summed E-state index contributed by atoms with van der Waals surface area (Å²) in [6.45, 7) is 5.20. The van der Waals surface area contributed by atoms with Crippen molar-refractivity contribution in [2.75, 3.05) is 18.0 Å². The van der Waals surface area contributed by atoms with Crippen LogP contribution < -0.4 is 4.90 Å². The normalized spacial score (nSPS) is 17.5. The number of H-pyrrole nitrogens is 1. The van der Waals surface area contributed by atoms with E-state index in [4.69, 9.17) is 0 Å². The van der Waals surface area contributed by atoms with Crippen LogP contribution >= 0.6 is 0 Å². The number of aromatic amines is 1. The average Bonchev–Trinajstić information content (AvgIpc) is 3.35. The van der Waals surface area contributed by atoms with Gasteiger partial charge in [-0.25, -0.2) is 4.98 Å². The van der Waals surface area contributed by atoms with E-state index in [0.717, 1.165) is 28.8 Å². The van der Waals surface area contributed by atoms with Gasteiger partial charge in [-0.2, -0.15) is 5.10 Å². The molecule has 1 aliphatic heterocycles. The molecular formula is C20H24N6O2. The summed E-state index contributed by atoms with van der Waals surface area (Å²) in [4.78, 5) is 33.2. The Hall–Kier alpha value is -3.16. The first-order valence-electron chi connectivity index (χ1n) is 9.59. The number of rotatable bonds is 5. The molecule has 1 saturated heterocycles. The fourth-order valence-corrected chi connectivity index (χ4v) is 3.75. The molecule has 0 spiro atoms. The van der Waals surface area contributed by atoms with Gasteiger partial charge in [0.2, 0.25) is 11.8 Å². The Morgan fingerprint density at radius 1 is 1.36 bits per heavy atom. The first kappa shape index (κ1) is 18.2. The molecule has 3 aromatic rings. The lowest BCUT2D eigenvalue weighted by Crippen LogP contribution is -2.57. The van der Waals surface area contributed by atoms with Gasteiger partial charge < -0.3 is 14.4 Å². The molecule has 28 heavy (non-hydrogen) atoms. The number of benzene rings is 1. The van der Waals surface area contributed by atoms with Crippen LogP contribution in [0.5, 0.6) is 0 Å². The SMILES string of the molecule is CCc1nccn1CCC(=O)N1CC(=O)N(c2ccc3cn[nH]c3c2)CC1C. The smallest absolute Gasteiger partial charge is 0.246 e. The molecule has 4 rings (SSSR count). The third-order valence-corrected chi connectivity index (χ3v) is 5.33. The highest BCUT2D eigenvalue weighted by atomic mass is 16.2. The molecule has 1 atom stereocenters. The van der Waals surface area contributed by atoms with Gasteiger partial charge in [-0.1, -0.05) is 6.92 Å². The van der Waals surface area contributed by atoms with Crippen LogP contribution in [0.1, 0.15) is 26.1 Å². The Morgan fingerprint density at radius 2 is 2.21 bits per heavy atom. The molecule has 2 aromatic heterocycles.